The molecule has 0 amide bonds. The lowest BCUT2D eigenvalue weighted by Crippen LogP contribution is -2.41. The number of nitrogens with two attached hydrogens (primary N) is 1. The molecule has 0 aromatic heterocycles. The maximum atomic E-state index is 11.2. The van der Waals surface area contributed by atoms with Crippen molar-refractivity contribution in [1.29, 1.82) is 0 Å². The third kappa shape index (κ3) is 6.07. The Balaban J connectivity index is 1.93. The van der Waals surface area contributed by atoms with Gasteiger partial charge in [0.15, 0.2) is 0 Å². The highest BCUT2D eigenvalue weighted by Gasteiger charge is 2.29. The molecule has 1 saturated heterocycles. The van der Waals surface area contributed by atoms with Gasteiger partial charge >= 0.3 is 0 Å². The predicted molar refractivity (Wildman–Crippen MR) is 97.7 cm³/mol. The zero-order valence-electron chi connectivity index (χ0n) is 14.9. The summed E-state index contributed by atoms with van der Waals surface area (Å²) in [6.45, 7) is 6.88. The molecule has 2 atom stereocenters. The summed E-state index contributed by atoms with van der Waals surface area (Å²) in [6, 6.07) is 8.24. The van der Waals surface area contributed by atoms with Crippen molar-refractivity contribution < 1.29 is 13.2 Å². The Morgan fingerprint density at radius 1 is 1.25 bits per heavy atom. The van der Waals surface area contributed by atoms with Gasteiger partial charge in [0.1, 0.15) is 5.75 Å². The van der Waals surface area contributed by atoms with Crippen LogP contribution < -0.4 is 9.88 Å². The molecule has 2 unspecified atom stereocenters. The molecule has 2 rings (SSSR count). The lowest BCUT2D eigenvalue weighted by atomic mass is 9.84. The van der Waals surface area contributed by atoms with Crippen LogP contribution in [0.25, 0.3) is 0 Å². The average Bonchev–Trinajstić information content (AvgIpc) is 2.51. The Morgan fingerprint density at radius 2 is 1.92 bits per heavy atom. The summed E-state index contributed by atoms with van der Waals surface area (Å²) in [4.78, 5) is 2.28. The fraction of sp³-hybridized carbons (Fsp3) is 0.667. The molecule has 136 valence electrons. The van der Waals surface area contributed by atoms with Crippen LogP contribution in [0.4, 0.5) is 0 Å². The van der Waals surface area contributed by atoms with Crippen LogP contribution in [0, 0.1) is 11.8 Å². The van der Waals surface area contributed by atoms with Gasteiger partial charge in [0.25, 0.3) is 0 Å². The van der Waals surface area contributed by atoms with Gasteiger partial charge in [-0.1, -0.05) is 26.0 Å². The predicted octanol–water partition coefficient (Wildman–Crippen LogP) is 2.44. The monoisotopic (exact) mass is 354 g/mol. The van der Waals surface area contributed by atoms with Gasteiger partial charge in [-0.3, -0.25) is 0 Å². The molecule has 2 N–H and O–H groups in total. The van der Waals surface area contributed by atoms with Gasteiger partial charge < -0.3 is 9.64 Å². The molecule has 1 fully saturated rings. The number of piperidine rings is 1. The van der Waals surface area contributed by atoms with Crippen molar-refractivity contribution in [2.24, 2.45) is 17.0 Å². The van der Waals surface area contributed by atoms with Crippen LogP contribution in [0.1, 0.15) is 38.2 Å². The van der Waals surface area contributed by atoms with Gasteiger partial charge in [-0.05, 0) is 56.0 Å². The van der Waals surface area contributed by atoms with E-state index in [9.17, 15) is 8.42 Å². The Hall–Kier alpha value is -1.11. The molecule has 0 aliphatic carbocycles. The zero-order valence-corrected chi connectivity index (χ0v) is 15.8. The molecule has 1 aromatic rings. The minimum absolute atomic E-state index is 0.0565. The molecule has 0 radical (unpaired) electrons. The number of primary sulfonamides is 1. The van der Waals surface area contributed by atoms with Gasteiger partial charge in [0, 0.05) is 12.5 Å². The van der Waals surface area contributed by atoms with E-state index < -0.39 is 10.0 Å². The molecule has 0 spiro atoms. The summed E-state index contributed by atoms with van der Waals surface area (Å²) >= 11 is 0. The van der Waals surface area contributed by atoms with Crippen molar-refractivity contribution in [1.82, 2.24) is 4.90 Å². The van der Waals surface area contributed by atoms with Crippen molar-refractivity contribution in [2.45, 2.75) is 32.6 Å². The largest absolute Gasteiger partial charge is 0.493 e. The highest BCUT2D eigenvalue weighted by atomic mass is 32.2. The molecule has 24 heavy (non-hydrogen) atoms. The van der Waals surface area contributed by atoms with Crippen LogP contribution in [0.3, 0.4) is 0 Å². The van der Waals surface area contributed by atoms with Gasteiger partial charge in [-0.25, -0.2) is 13.6 Å². The van der Waals surface area contributed by atoms with E-state index in [4.69, 9.17) is 9.88 Å². The van der Waals surface area contributed by atoms with Crippen LogP contribution in [0.15, 0.2) is 24.3 Å². The van der Waals surface area contributed by atoms with Crippen LogP contribution in [0.5, 0.6) is 5.75 Å². The zero-order chi connectivity index (χ0) is 17.7. The minimum Gasteiger partial charge on any atom is -0.493 e. The van der Waals surface area contributed by atoms with Gasteiger partial charge in [-0.15, -0.1) is 0 Å². The number of nitrogens with zero attached hydrogens (tertiary/aromatic N) is 1. The van der Waals surface area contributed by atoms with Crippen molar-refractivity contribution >= 4 is 10.0 Å². The topological polar surface area (TPSA) is 72.6 Å². The molecule has 1 aromatic carbocycles. The standard InChI is InChI=1S/C18H30N2O3S/c1-14(2)15-4-6-18(7-5-15)23-13-17-12-20(3)10-8-16(17)9-11-24(19,21)22/h4-7,14,16-17H,8-13H2,1-3H3,(H2,19,21,22). The molecule has 0 saturated carbocycles. The van der Waals surface area contributed by atoms with Crippen LogP contribution in [-0.4, -0.2) is 45.8 Å². The molecular formula is C18H30N2O3S. The highest BCUT2D eigenvalue weighted by molar-refractivity contribution is 7.89. The molecule has 0 bridgehead atoms. The lowest BCUT2D eigenvalue weighted by Gasteiger charge is -2.36. The van der Waals surface area contributed by atoms with E-state index in [1.807, 2.05) is 12.1 Å². The van der Waals surface area contributed by atoms with Crippen LogP contribution >= 0.6 is 0 Å². The maximum absolute atomic E-state index is 11.2. The number of sulfonamides is 1. The van der Waals surface area contributed by atoms with Gasteiger partial charge in [0.05, 0.1) is 12.4 Å². The number of hydrogen-bond acceptors (Lipinski definition) is 4. The highest BCUT2D eigenvalue weighted by Crippen LogP contribution is 2.27. The Labute approximate surface area is 146 Å². The van der Waals surface area contributed by atoms with E-state index in [2.05, 4.69) is 37.9 Å². The fourth-order valence-corrected chi connectivity index (χ4v) is 3.93. The number of likely N-dealkylation sites (tertiary alicyclic amines) is 1. The molecule has 5 nitrogen and oxygen atoms in total. The van der Waals surface area contributed by atoms with E-state index in [0.29, 0.717) is 30.8 Å². The van der Waals surface area contributed by atoms with Crippen molar-refractivity contribution in [3.8, 4) is 5.75 Å². The van der Waals surface area contributed by atoms with E-state index >= 15 is 0 Å². The van der Waals surface area contributed by atoms with Crippen LogP contribution in [-0.2, 0) is 10.0 Å². The average molecular weight is 355 g/mol. The van der Waals surface area contributed by atoms with Crippen LogP contribution in [0.2, 0.25) is 0 Å². The van der Waals surface area contributed by atoms with Gasteiger partial charge in [0.2, 0.25) is 10.0 Å². The summed E-state index contributed by atoms with van der Waals surface area (Å²) in [5, 5.41) is 5.16. The SMILES string of the molecule is CC(C)c1ccc(OCC2CN(C)CCC2CCS(N)(=O)=O)cc1. The summed E-state index contributed by atoms with van der Waals surface area (Å²) in [5.74, 6) is 2.11. The molecule has 1 aliphatic rings. The first-order valence-electron chi connectivity index (χ1n) is 8.66. The lowest BCUT2D eigenvalue weighted by molar-refractivity contribution is 0.0944. The second-order valence-electron chi connectivity index (χ2n) is 7.26. The molecule has 1 heterocycles. The quantitative estimate of drug-likeness (QED) is 0.816. The van der Waals surface area contributed by atoms with Crippen molar-refractivity contribution in [2.75, 3.05) is 32.5 Å². The summed E-state index contributed by atoms with van der Waals surface area (Å²) in [7, 11) is -1.30. The minimum atomic E-state index is -3.39. The smallest absolute Gasteiger partial charge is 0.209 e. The number of benzene rings is 1. The Morgan fingerprint density at radius 3 is 2.50 bits per heavy atom. The second kappa shape index (κ2) is 8.32. The second-order valence-corrected chi connectivity index (χ2v) is 9.00. The van der Waals surface area contributed by atoms with E-state index in [-0.39, 0.29) is 5.75 Å². The first-order valence-corrected chi connectivity index (χ1v) is 10.4. The number of rotatable bonds is 7. The van der Waals surface area contributed by atoms with Crippen molar-refractivity contribution in [3.63, 3.8) is 0 Å². The molecular weight excluding hydrogens is 324 g/mol. The first-order chi connectivity index (χ1) is 11.2. The van der Waals surface area contributed by atoms with E-state index in [1.54, 1.807) is 0 Å². The van der Waals surface area contributed by atoms with E-state index in [1.165, 1.54) is 5.56 Å². The van der Waals surface area contributed by atoms with Crippen molar-refractivity contribution in [3.05, 3.63) is 29.8 Å². The van der Waals surface area contributed by atoms with E-state index in [0.717, 1.165) is 25.3 Å². The number of hydrogen-bond donors (Lipinski definition) is 1. The summed E-state index contributed by atoms with van der Waals surface area (Å²) in [5.41, 5.74) is 1.30. The maximum Gasteiger partial charge on any atom is 0.209 e. The Bertz CT molecular complexity index is 614. The number of ether oxygens (including phenoxy) is 1. The fourth-order valence-electron chi connectivity index (χ4n) is 3.30. The third-order valence-electron chi connectivity index (χ3n) is 4.88. The summed E-state index contributed by atoms with van der Waals surface area (Å²) in [6.07, 6.45) is 1.61. The molecule has 6 heteroatoms. The first kappa shape index (κ1) is 19.2. The Kier molecular flexibility index (Phi) is 6.66. The van der Waals surface area contributed by atoms with Gasteiger partial charge in [-0.2, -0.15) is 0 Å². The third-order valence-corrected chi connectivity index (χ3v) is 5.68. The normalized spacial score (nSPS) is 22.7. The molecule has 1 aliphatic heterocycles. The summed E-state index contributed by atoms with van der Waals surface area (Å²) < 4.78 is 28.5.